The molecular weight excluding hydrogens is 447 g/mol. The zero-order valence-corrected chi connectivity index (χ0v) is 19.2. The minimum atomic E-state index is -4.86. The van der Waals surface area contributed by atoms with Crippen molar-refractivity contribution in [3.8, 4) is 6.07 Å². The minimum Gasteiger partial charge on any atom is -0.461 e. The van der Waals surface area contributed by atoms with Gasteiger partial charge >= 0.3 is 12.1 Å². The summed E-state index contributed by atoms with van der Waals surface area (Å²) in [5.74, 6) is -2.51. The number of carbonyl (C=O) groups is 2. The molecule has 1 heterocycles. The van der Waals surface area contributed by atoms with Gasteiger partial charge in [0.05, 0.1) is 17.7 Å². The van der Waals surface area contributed by atoms with Gasteiger partial charge in [0.15, 0.2) is 5.78 Å². The van der Waals surface area contributed by atoms with Crippen LogP contribution in [0, 0.1) is 11.3 Å². The highest BCUT2D eigenvalue weighted by Gasteiger charge is 2.52. The van der Waals surface area contributed by atoms with Crippen LogP contribution in [-0.4, -0.2) is 31.1 Å². The van der Waals surface area contributed by atoms with Gasteiger partial charge in [-0.1, -0.05) is 63.2 Å². The van der Waals surface area contributed by atoms with Crippen LogP contribution in [0.3, 0.4) is 0 Å². The molecule has 34 heavy (non-hydrogen) atoms. The second kappa shape index (κ2) is 9.59. The number of ether oxygens (including phenoxy) is 2. The molecular formula is C26H26F3NO4. The van der Waals surface area contributed by atoms with E-state index in [1.807, 2.05) is 20.8 Å². The Hall–Kier alpha value is -3.18. The van der Waals surface area contributed by atoms with Gasteiger partial charge in [-0.15, -0.1) is 0 Å². The highest BCUT2D eigenvalue weighted by atomic mass is 19.4. The van der Waals surface area contributed by atoms with Gasteiger partial charge in [0.1, 0.15) is 6.61 Å². The van der Waals surface area contributed by atoms with Gasteiger partial charge in [-0.05, 0) is 35.4 Å². The van der Waals surface area contributed by atoms with Crippen molar-refractivity contribution in [3.05, 3.63) is 70.8 Å². The third kappa shape index (κ3) is 5.00. The molecule has 180 valence electrons. The lowest BCUT2D eigenvalue weighted by Gasteiger charge is -2.27. The molecule has 0 aromatic heterocycles. The van der Waals surface area contributed by atoms with Gasteiger partial charge in [-0.25, -0.2) is 4.79 Å². The molecule has 1 saturated heterocycles. The zero-order valence-electron chi connectivity index (χ0n) is 19.2. The summed E-state index contributed by atoms with van der Waals surface area (Å²) in [6.07, 6.45) is -3.83. The van der Waals surface area contributed by atoms with Gasteiger partial charge in [0.25, 0.3) is 0 Å². The summed E-state index contributed by atoms with van der Waals surface area (Å²) < 4.78 is 51.8. The Morgan fingerprint density at radius 2 is 1.68 bits per heavy atom. The van der Waals surface area contributed by atoms with Crippen LogP contribution in [0.15, 0.2) is 48.5 Å². The normalized spacial score (nSPS) is 18.1. The minimum absolute atomic E-state index is 0.0534. The van der Waals surface area contributed by atoms with Crippen molar-refractivity contribution in [2.24, 2.45) is 0 Å². The zero-order chi connectivity index (χ0) is 25.1. The number of hydrogen-bond donors (Lipinski definition) is 0. The lowest BCUT2D eigenvalue weighted by Crippen LogP contribution is -2.45. The van der Waals surface area contributed by atoms with Gasteiger partial charge in [0, 0.05) is 12.2 Å². The van der Waals surface area contributed by atoms with Crippen LogP contribution in [0.4, 0.5) is 13.2 Å². The molecule has 0 amide bonds. The molecule has 8 heteroatoms. The number of hydrogen-bond acceptors (Lipinski definition) is 5. The van der Waals surface area contributed by atoms with E-state index in [0.717, 1.165) is 30.2 Å². The average Bonchev–Trinajstić information content (AvgIpc) is 3.31. The topological polar surface area (TPSA) is 76.4 Å². The van der Waals surface area contributed by atoms with E-state index in [2.05, 4.69) is 0 Å². The van der Waals surface area contributed by atoms with Crippen LogP contribution in [0.5, 0.6) is 0 Å². The summed E-state index contributed by atoms with van der Waals surface area (Å²) in [5.41, 5.74) is -4.07. The summed E-state index contributed by atoms with van der Waals surface area (Å²) in [6, 6.07) is 12.0. The first kappa shape index (κ1) is 25.4. The van der Waals surface area contributed by atoms with E-state index in [0.29, 0.717) is 13.0 Å². The molecule has 5 nitrogen and oxygen atoms in total. The summed E-state index contributed by atoms with van der Waals surface area (Å²) in [5, 5.41) is 10.2. The Bertz CT molecular complexity index is 1090. The van der Waals surface area contributed by atoms with Gasteiger partial charge in [-0.2, -0.15) is 18.4 Å². The molecule has 1 aliphatic rings. The van der Waals surface area contributed by atoms with Crippen molar-refractivity contribution in [2.75, 3.05) is 13.2 Å². The summed E-state index contributed by atoms with van der Waals surface area (Å²) in [4.78, 5) is 26.9. The van der Waals surface area contributed by atoms with Gasteiger partial charge < -0.3 is 9.47 Å². The van der Waals surface area contributed by atoms with Crippen molar-refractivity contribution >= 4 is 11.8 Å². The maximum atomic E-state index is 13.7. The molecule has 0 spiro atoms. The number of ketones is 1. The molecule has 1 fully saturated rings. The maximum absolute atomic E-state index is 13.7. The Morgan fingerprint density at radius 3 is 2.21 bits per heavy atom. The molecule has 2 unspecified atom stereocenters. The second-order valence-electron chi connectivity index (χ2n) is 9.30. The number of Topliss-reactive ketones (excluding diaryl/α,β-unsaturated/α-hetero) is 1. The smallest absolute Gasteiger partial charge is 0.417 e. The maximum Gasteiger partial charge on any atom is 0.417 e. The van der Waals surface area contributed by atoms with Crippen molar-refractivity contribution in [1.29, 1.82) is 5.26 Å². The third-order valence-corrected chi connectivity index (χ3v) is 5.90. The van der Waals surface area contributed by atoms with Crippen molar-refractivity contribution in [2.45, 2.75) is 56.7 Å². The van der Waals surface area contributed by atoms with Gasteiger partial charge in [0.2, 0.25) is 5.41 Å². The van der Waals surface area contributed by atoms with E-state index in [1.165, 1.54) is 18.2 Å². The highest BCUT2D eigenvalue weighted by molar-refractivity contribution is 6.20. The lowest BCUT2D eigenvalue weighted by atomic mass is 9.73. The Kier molecular flexibility index (Phi) is 7.18. The van der Waals surface area contributed by atoms with Crippen molar-refractivity contribution < 1.29 is 32.2 Å². The quantitative estimate of drug-likeness (QED) is 0.320. The fourth-order valence-corrected chi connectivity index (χ4v) is 3.91. The van der Waals surface area contributed by atoms with E-state index in [-0.39, 0.29) is 23.7 Å². The molecule has 3 rings (SSSR count). The van der Waals surface area contributed by atoms with Crippen LogP contribution in [0.2, 0.25) is 0 Å². The Balaban J connectivity index is 2.12. The molecule has 2 atom stereocenters. The van der Waals surface area contributed by atoms with Crippen LogP contribution in [-0.2, 0) is 31.3 Å². The van der Waals surface area contributed by atoms with E-state index in [9.17, 15) is 28.0 Å². The molecule has 1 aliphatic heterocycles. The average molecular weight is 473 g/mol. The van der Waals surface area contributed by atoms with E-state index < -0.39 is 34.5 Å². The largest absolute Gasteiger partial charge is 0.461 e. The Labute approximate surface area is 196 Å². The predicted molar refractivity (Wildman–Crippen MR) is 118 cm³/mol. The predicted octanol–water partition coefficient (Wildman–Crippen LogP) is 5.37. The van der Waals surface area contributed by atoms with Crippen LogP contribution in [0.25, 0.3) is 0 Å². The van der Waals surface area contributed by atoms with Crippen LogP contribution >= 0.6 is 0 Å². The molecule has 0 bridgehead atoms. The van der Waals surface area contributed by atoms with Crippen LogP contribution in [0.1, 0.15) is 60.7 Å². The fraction of sp³-hybridized carbons (Fsp3) is 0.423. The molecule has 0 radical (unpaired) electrons. The summed E-state index contributed by atoms with van der Waals surface area (Å²) in [7, 11) is 0. The second-order valence-corrected chi connectivity index (χ2v) is 9.30. The number of halogens is 3. The molecule has 2 aromatic rings. The molecule has 0 saturated carbocycles. The number of rotatable bonds is 6. The number of nitriles is 1. The van der Waals surface area contributed by atoms with Crippen LogP contribution < -0.4 is 0 Å². The number of carbonyl (C=O) groups excluding carboxylic acids is 2. The first-order valence-corrected chi connectivity index (χ1v) is 10.9. The fourth-order valence-electron chi connectivity index (χ4n) is 3.91. The highest BCUT2D eigenvalue weighted by Crippen LogP contribution is 2.38. The lowest BCUT2D eigenvalue weighted by molar-refractivity contribution is -0.150. The number of alkyl halides is 3. The third-order valence-electron chi connectivity index (χ3n) is 5.90. The first-order chi connectivity index (χ1) is 15.9. The molecule has 0 aliphatic carbocycles. The molecule has 0 N–H and O–H groups in total. The monoisotopic (exact) mass is 473 g/mol. The number of nitrogens with zero attached hydrogens (tertiary/aromatic N) is 1. The van der Waals surface area contributed by atoms with Gasteiger partial charge in [-0.3, -0.25) is 4.79 Å². The van der Waals surface area contributed by atoms with Crippen molar-refractivity contribution in [1.82, 2.24) is 0 Å². The summed E-state index contributed by atoms with van der Waals surface area (Å²) >= 11 is 0. The SMILES string of the molecule is CC(C)(C)c1ccc(C(C#N)(C(=O)OCC2CCCO2)C(=O)c2ccccc2C(F)(F)F)cc1. The number of esters is 1. The summed E-state index contributed by atoms with van der Waals surface area (Å²) in [6.45, 7) is 6.18. The number of benzene rings is 2. The van der Waals surface area contributed by atoms with Crippen molar-refractivity contribution in [3.63, 3.8) is 0 Å². The molecule has 2 aromatic carbocycles. The standard InChI is InChI=1S/C26H26F3NO4/c1-24(2,3)17-10-12-18(13-11-17)25(16-30,23(32)34-15-19-7-6-14-33-19)22(31)20-8-4-5-9-21(20)26(27,28)29/h4-5,8-13,19H,6-7,14-15H2,1-3H3. The first-order valence-electron chi connectivity index (χ1n) is 10.9. The van der Waals surface area contributed by atoms with E-state index >= 15 is 0 Å². The Morgan fingerprint density at radius 1 is 1.06 bits per heavy atom. The van der Waals surface area contributed by atoms with E-state index in [1.54, 1.807) is 18.2 Å². The van der Waals surface area contributed by atoms with E-state index in [4.69, 9.17) is 9.47 Å².